The number of aliphatic carboxylic acids is 1. The first kappa shape index (κ1) is 16.3. The summed E-state index contributed by atoms with van der Waals surface area (Å²) in [6, 6.07) is 4.70. The Balaban J connectivity index is 2.79. The van der Waals surface area contributed by atoms with Gasteiger partial charge in [0.2, 0.25) is 5.91 Å². The van der Waals surface area contributed by atoms with Crippen LogP contribution in [0.5, 0.6) is 0 Å². The topological polar surface area (TPSA) is 119 Å². The molecule has 8 nitrogen and oxygen atoms in total. The fourth-order valence-corrected chi connectivity index (χ4v) is 1.52. The number of methoxy groups -OCH3 is 1. The van der Waals surface area contributed by atoms with Crippen LogP contribution in [-0.2, 0) is 14.3 Å². The maximum absolute atomic E-state index is 11.6. The smallest absolute Gasteiger partial charge is 0.328 e. The average Bonchev–Trinajstić information content (AvgIpc) is 2.44. The van der Waals surface area contributed by atoms with E-state index in [1.165, 1.54) is 31.4 Å². The number of nitro benzene ring substituents is 1. The molecule has 1 amide bonds. The molecule has 0 aliphatic heterocycles. The number of carbonyl (C=O) groups is 2. The van der Waals surface area contributed by atoms with Crippen LogP contribution in [0.3, 0.4) is 0 Å². The Hall–Kier alpha value is -2.74. The van der Waals surface area contributed by atoms with Gasteiger partial charge in [-0.15, -0.1) is 0 Å². The van der Waals surface area contributed by atoms with Crippen molar-refractivity contribution in [3.63, 3.8) is 0 Å². The summed E-state index contributed by atoms with van der Waals surface area (Å²) in [5.41, 5.74) is 0.101. The first-order valence-corrected chi connectivity index (χ1v) is 5.89. The standard InChI is InChI=1S/C13H14N2O6/c1-21-8-10(13(17)18)14-12(16)7-6-9-4-2-3-5-11(9)15(19)20/h2-7,10H,8H2,1H3,(H,14,16)(H,17,18)/b7-6+. The first-order valence-electron chi connectivity index (χ1n) is 5.89. The third-order valence-corrected chi connectivity index (χ3v) is 2.50. The van der Waals surface area contributed by atoms with E-state index in [1.54, 1.807) is 6.07 Å². The number of nitrogens with zero attached hydrogens (tertiary/aromatic N) is 1. The lowest BCUT2D eigenvalue weighted by atomic mass is 10.1. The van der Waals surface area contributed by atoms with Crippen LogP contribution in [0.1, 0.15) is 5.56 Å². The summed E-state index contributed by atoms with van der Waals surface area (Å²) in [5, 5.41) is 21.9. The van der Waals surface area contributed by atoms with Crippen LogP contribution < -0.4 is 5.32 Å². The fraction of sp³-hybridized carbons (Fsp3) is 0.231. The number of ether oxygens (including phenoxy) is 1. The highest BCUT2D eigenvalue weighted by molar-refractivity contribution is 5.94. The summed E-state index contributed by atoms with van der Waals surface area (Å²) in [4.78, 5) is 32.7. The number of para-hydroxylation sites is 1. The average molecular weight is 294 g/mol. The van der Waals surface area contributed by atoms with Gasteiger partial charge in [-0.3, -0.25) is 14.9 Å². The quantitative estimate of drug-likeness (QED) is 0.436. The van der Waals surface area contributed by atoms with E-state index in [-0.39, 0.29) is 17.9 Å². The number of rotatable bonds is 7. The molecule has 0 saturated heterocycles. The highest BCUT2D eigenvalue weighted by atomic mass is 16.6. The van der Waals surface area contributed by atoms with Gasteiger partial charge in [-0.05, 0) is 12.1 Å². The Labute approximate surface area is 120 Å². The van der Waals surface area contributed by atoms with Gasteiger partial charge in [0.15, 0.2) is 6.04 Å². The third-order valence-electron chi connectivity index (χ3n) is 2.50. The Morgan fingerprint density at radius 3 is 2.71 bits per heavy atom. The Morgan fingerprint density at radius 2 is 2.14 bits per heavy atom. The zero-order chi connectivity index (χ0) is 15.8. The predicted octanol–water partition coefficient (Wildman–Crippen LogP) is 0.824. The minimum absolute atomic E-state index is 0.145. The molecule has 1 aromatic rings. The molecule has 1 rings (SSSR count). The summed E-state index contributed by atoms with van der Waals surface area (Å²) in [6.07, 6.45) is 2.28. The fourth-order valence-electron chi connectivity index (χ4n) is 1.52. The van der Waals surface area contributed by atoms with E-state index in [0.29, 0.717) is 0 Å². The molecule has 1 atom stereocenters. The zero-order valence-electron chi connectivity index (χ0n) is 11.2. The molecule has 1 unspecified atom stereocenters. The van der Waals surface area contributed by atoms with Gasteiger partial charge in [-0.2, -0.15) is 0 Å². The minimum Gasteiger partial charge on any atom is -0.480 e. The maximum Gasteiger partial charge on any atom is 0.328 e. The number of nitrogens with one attached hydrogen (secondary N) is 1. The molecular weight excluding hydrogens is 280 g/mol. The molecule has 0 heterocycles. The lowest BCUT2D eigenvalue weighted by Crippen LogP contribution is -2.43. The van der Waals surface area contributed by atoms with E-state index >= 15 is 0 Å². The Kier molecular flexibility index (Phi) is 6.02. The number of nitro groups is 1. The number of benzene rings is 1. The summed E-state index contributed by atoms with van der Waals surface area (Å²) < 4.78 is 4.67. The number of carboxylic acid groups (broad SMARTS) is 1. The summed E-state index contributed by atoms with van der Waals surface area (Å²) in [6.45, 7) is -0.180. The van der Waals surface area contributed by atoms with E-state index in [4.69, 9.17) is 5.11 Å². The van der Waals surface area contributed by atoms with E-state index < -0.39 is 22.8 Å². The van der Waals surface area contributed by atoms with Crippen molar-refractivity contribution in [3.05, 3.63) is 46.0 Å². The highest BCUT2D eigenvalue weighted by Gasteiger charge is 2.18. The van der Waals surface area contributed by atoms with Crippen molar-refractivity contribution >= 4 is 23.6 Å². The molecule has 0 spiro atoms. The normalized spacial score (nSPS) is 12.0. The van der Waals surface area contributed by atoms with Crippen molar-refractivity contribution in [1.82, 2.24) is 5.32 Å². The van der Waals surface area contributed by atoms with Gasteiger partial charge in [0.25, 0.3) is 5.69 Å². The van der Waals surface area contributed by atoms with Crippen LogP contribution >= 0.6 is 0 Å². The second-order valence-electron chi connectivity index (χ2n) is 4.00. The van der Waals surface area contributed by atoms with Crippen LogP contribution in [0, 0.1) is 10.1 Å². The molecular formula is C13H14N2O6. The summed E-state index contributed by atoms with van der Waals surface area (Å²) in [5.74, 6) is -1.91. The molecule has 0 aromatic heterocycles. The van der Waals surface area contributed by atoms with Crippen LogP contribution in [0.2, 0.25) is 0 Å². The predicted molar refractivity (Wildman–Crippen MR) is 73.6 cm³/mol. The summed E-state index contributed by atoms with van der Waals surface area (Å²) in [7, 11) is 1.31. The van der Waals surface area contributed by atoms with Crippen molar-refractivity contribution < 1.29 is 24.4 Å². The van der Waals surface area contributed by atoms with Gasteiger partial charge in [0.1, 0.15) is 0 Å². The number of hydrogen-bond donors (Lipinski definition) is 2. The van der Waals surface area contributed by atoms with Crippen LogP contribution in [0.25, 0.3) is 6.08 Å². The molecule has 0 radical (unpaired) electrons. The van der Waals surface area contributed by atoms with E-state index in [1.807, 2.05) is 0 Å². The van der Waals surface area contributed by atoms with E-state index in [2.05, 4.69) is 10.1 Å². The van der Waals surface area contributed by atoms with Gasteiger partial charge in [0, 0.05) is 19.3 Å². The number of hydrogen-bond acceptors (Lipinski definition) is 5. The van der Waals surface area contributed by atoms with Crippen molar-refractivity contribution in [2.24, 2.45) is 0 Å². The molecule has 0 aliphatic rings. The Bertz CT molecular complexity index is 570. The SMILES string of the molecule is COCC(NC(=O)/C=C/c1ccccc1[N+](=O)[O-])C(=O)O. The van der Waals surface area contributed by atoms with Gasteiger partial charge < -0.3 is 15.2 Å². The number of carbonyl (C=O) groups excluding carboxylic acids is 1. The second-order valence-corrected chi connectivity index (χ2v) is 4.00. The molecule has 0 saturated carbocycles. The lowest BCUT2D eigenvalue weighted by molar-refractivity contribution is -0.385. The second kappa shape index (κ2) is 7.75. The number of carboxylic acids is 1. The van der Waals surface area contributed by atoms with Crippen LogP contribution in [0.4, 0.5) is 5.69 Å². The van der Waals surface area contributed by atoms with Gasteiger partial charge in [-0.1, -0.05) is 12.1 Å². The molecule has 8 heteroatoms. The van der Waals surface area contributed by atoms with Gasteiger partial charge >= 0.3 is 5.97 Å². The van der Waals surface area contributed by atoms with E-state index in [9.17, 15) is 19.7 Å². The molecule has 112 valence electrons. The zero-order valence-corrected chi connectivity index (χ0v) is 11.2. The molecule has 0 bridgehead atoms. The van der Waals surface area contributed by atoms with Gasteiger partial charge in [-0.25, -0.2) is 4.79 Å². The third kappa shape index (κ3) is 5.03. The molecule has 0 fully saturated rings. The minimum atomic E-state index is -1.23. The van der Waals surface area contributed by atoms with Crippen molar-refractivity contribution in [1.29, 1.82) is 0 Å². The molecule has 1 aromatic carbocycles. The number of amides is 1. The Morgan fingerprint density at radius 1 is 1.48 bits per heavy atom. The molecule has 21 heavy (non-hydrogen) atoms. The monoisotopic (exact) mass is 294 g/mol. The van der Waals surface area contributed by atoms with Crippen LogP contribution in [-0.4, -0.2) is 41.7 Å². The first-order chi connectivity index (χ1) is 9.95. The maximum atomic E-state index is 11.6. The largest absolute Gasteiger partial charge is 0.480 e. The van der Waals surface area contributed by atoms with Crippen molar-refractivity contribution in [3.8, 4) is 0 Å². The molecule has 0 aliphatic carbocycles. The molecule has 2 N–H and O–H groups in total. The lowest BCUT2D eigenvalue weighted by Gasteiger charge is -2.11. The van der Waals surface area contributed by atoms with Crippen LogP contribution in [0.15, 0.2) is 30.3 Å². The highest BCUT2D eigenvalue weighted by Crippen LogP contribution is 2.18. The van der Waals surface area contributed by atoms with E-state index in [0.717, 1.165) is 6.08 Å². The van der Waals surface area contributed by atoms with Crippen molar-refractivity contribution in [2.45, 2.75) is 6.04 Å². The van der Waals surface area contributed by atoms with Crippen molar-refractivity contribution in [2.75, 3.05) is 13.7 Å². The van der Waals surface area contributed by atoms with Gasteiger partial charge in [0.05, 0.1) is 17.1 Å². The summed E-state index contributed by atoms with van der Waals surface area (Å²) >= 11 is 0.